The number of hydrogen-bond acceptors (Lipinski definition) is 2. The van der Waals surface area contributed by atoms with Crippen molar-refractivity contribution < 1.29 is 4.42 Å². The van der Waals surface area contributed by atoms with Gasteiger partial charge in [-0.3, -0.25) is 0 Å². The van der Waals surface area contributed by atoms with E-state index in [0.717, 1.165) is 30.4 Å². The van der Waals surface area contributed by atoms with Crippen molar-refractivity contribution in [3.63, 3.8) is 0 Å². The number of hydrogen-bond donors (Lipinski definition) is 0. The van der Waals surface area contributed by atoms with E-state index in [-0.39, 0.29) is 17.5 Å². The van der Waals surface area contributed by atoms with Gasteiger partial charge >= 0.3 is 0 Å². The quantitative estimate of drug-likeness (QED) is 0.159. The second-order valence-electron chi connectivity index (χ2n) is 21.4. The molecule has 8 aromatic rings. The van der Waals surface area contributed by atoms with E-state index in [0.29, 0.717) is 35.5 Å². The van der Waals surface area contributed by atoms with Crippen molar-refractivity contribution in [2.45, 2.75) is 68.9 Å². The number of rotatable bonds is 7. The SMILES string of the molecule is CC1(C)c2ccccc2-c2ccc(N(C3C=CC(C4C=CC(n5c6c(c7ccc8c9ccccc9oc8c75)C5CC5C=C6)=CC4)=CC3)C3C=C(c4ccccc4)C4C(C3)C4c3ccccc3)cc21. The minimum Gasteiger partial charge on any atom is -0.454 e. The normalized spacial score (nSPS) is 26.6. The molecule has 2 fully saturated rings. The molecule has 2 heterocycles. The number of allylic oxidation sites excluding steroid dienone is 8. The molecule has 0 bridgehead atoms. The summed E-state index contributed by atoms with van der Waals surface area (Å²) in [4.78, 5) is 2.81. The average Bonchev–Trinajstić information content (AvgIpc) is 4.25. The van der Waals surface area contributed by atoms with Gasteiger partial charge in [0, 0.05) is 44.9 Å². The lowest BCUT2D eigenvalue weighted by atomic mass is 9.82. The summed E-state index contributed by atoms with van der Waals surface area (Å²) >= 11 is 0. The summed E-state index contributed by atoms with van der Waals surface area (Å²) in [6.07, 6.45) is 26.8. The van der Waals surface area contributed by atoms with Crippen LogP contribution in [0.5, 0.6) is 0 Å². The van der Waals surface area contributed by atoms with E-state index in [9.17, 15) is 0 Å². The molecule has 0 spiro atoms. The van der Waals surface area contributed by atoms with Crippen molar-refractivity contribution in [2.75, 3.05) is 4.90 Å². The largest absolute Gasteiger partial charge is 0.454 e. The molecule has 8 atom stereocenters. The summed E-state index contributed by atoms with van der Waals surface area (Å²) in [6.45, 7) is 4.83. The van der Waals surface area contributed by atoms with Gasteiger partial charge in [0.2, 0.25) is 0 Å². The lowest BCUT2D eigenvalue weighted by Gasteiger charge is -2.41. The van der Waals surface area contributed by atoms with E-state index in [1.807, 2.05) is 0 Å². The molecule has 0 saturated heterocycles. The zero-order valence-electron chi connectivity index (χ0n) is 38.7. The van der Waals surface area contributed by atoms with Crippen LogP contribution in [0, 0.1) is 23.7 Å². The Hall–Kier alpha value is -7.10. The van der Waals surface area contributed by atoms with Gasteiger partial charge in [-0.2, -0.15) is 0 Å². The number of fused-ring (bicyclic) bond motifs is 13. The van der Waals surface area contributed by atoms with Gasteiger partial charge in [-0.05, 0) is 142 Å². The Morgan fingerprint density at radius 1 is 0.632 bits per heavy atom. The third kappa shape index (κ3) is 5.71. The third-order valence-electron chi connectivity index (χ3n) is 17.4. The molecule has 6 aromatic carbocycles. The Labute approximate surface area is 398 Å². The lowest BCUT2D eigenvalue weighted by molar-refractivity contribution is 0.528. The second-order valence-corrected chi connectivity index (χ2v) is 21.4. The van der Waals surface area contributed by atoms with E-state index in [1.165, 1.54) is 95.3 Å². The fraction of sp³-hybridized carbons (Fsp3) is 0.231. The molecule has 3 nitrogen and oxygen atoms in total. The fourth-order valence-electron chi connectivity index (χ4n) is 14.0. The van der Waals surface area contributed by atoms with Crippen molar-refractivity contribution in [3.05, 3.63) is 227 Å². The van der Waals surface area contributed by atoms with Crippen LogP contribution in [-0.2, 0) is 5.41 Å². The predicted molar refractivity (Wildman–Crippen MR) is 282 cm³/mol. The van der Waals surface area contributed by atoms with Gasteiger partial charge in [0.25, 0.3) is 0 Å². The standard InChI is InChI=1S/C65H54N2O/c1-65(2)56-19-11-9-17-48(56)49-31-30-46(38-57(49)65)66(47-36-54(41-13-5-3-6-14-41)62-55(37-47)60(62)42-15-7-4-8-16-42)44-26-21-39(22-27-44)40-23-28-45(29-24-40)67-58-34-25-43-35-53(43)61(58)52-33-32-51-50-18-10-12-20-59(50)68-64(51)63(52)67/h3-23,25-26,28-34,36,38,40,43-44,47,53,55,60,62H,24,27,35,37H2,1-2H3. The van der Waals surface area contributed by atoms with E-state index in [2.05, 4.69) is 218 Å². The summed E-state index contributed by atoms with van der Waals surface area (Å²) in [5.41, 5.74) is 20.0. The summed E-state index contributed by atoms with van der Waals surface area (Å²) in [7, 11) is 0. The Morgan fingerprint density at radius 3 is 2.26 bits per heavy atom. The molecule has 2 aromatic heterocycles. The molecule has 330 valence electrons. The molecule has 68 heavy (non-hydrogen) atoms. The Balaban J connectivity index is 0.777. The fourth-order valence-corrected chi connectivity index (χ4v) is 14.0. The van der Waals surface area contributed by atoms with Crippen LogP contribution in [0.15, 0.2) is 198 Å². The molecule has 8 unspecified atom stereocenters. The zero-order valence-corrected chi connectivity index (χ0v) is 38.7. The summed E-state index contributed by atoms with van der Waals surface area (Å²) in [5.74, 6) is 3.32. The highest BCUT2D eigenvalue weighted by molar-refractivity contribution is 6.16. The molecular formula is C65H54N2O. The molecule has 3 heteroatoms. The maximum absolute atomic E-state index is 6.73. The monoisotopic (exact) mass is 878 g/mol. The number of anilines is 1. The number of para-hydroxylation sites is 1. The smallest absolute Gasteiger partial charge is 0.160 e. The molecule has 0 aliphatic heterocycles. The molecule has 0 radical (unpaired) electrons. The molecule has 2 saturated carbocycles. The van der Waals surface area contributed by atoms with Crippen LogP contribution >= 0.6 is 0 Å². The first-order chi connectivity index (χ1) is 33.5. The van der Waals surface area contributed by atoms with Crippen LogP contribution in [0.3, 0.4) is 0 Å². The highest BCUT2D eigenvalue weighted by Gasteiger charge is 2.56. The Morgan fingerprint density at radius 2 is 1.43 bits per heavy atom. The van der Waals surface area contributed by atoms with Gasteiger partial charge in [0.1, 0.15) is 5.58 Å². The first-order valence-electron chi connectivity index (χ1n) is 25.3. The van der Waals surface area contributed by atoms with Gasteiger partial charge < -0.3 is 13.9 Å². The van der Waals surface area contributed by atoms with E-state index in [1.54, 1.807) is 0 Å². The van der Waals surface area contributed by atoms with Gasteiger partial charge in [-0.15, -0.1) is 0 Å². The predicted octanol–water partition coefficient (Wildman–Crippen LogP) is 16.0. The van der Waals surface area contributed by atoms with Gasteiger partial charge in [0.15, 0.2) is 5.58 Å². The highest BCUT2D eigenvalue weighted by Crippen LogP contribution is 2.65. The van der Waals surface area contributed by atoms with Crippen LogP contribution in [0.1, 0.15) is 84.9 Å². The molecule has 7 aliphatic carbocycles. The van der Waals surface area contributed by atoms with E-state index in [4.69, 9.17) is 4.42 Å². The van der Waals surface area contributed by atoms with E-state index < -0.39 is 0 Å². The first kappa shape index (κ1) is 38.9. The van der Waals surface area contributed by atoms with Gasteiger partial charge in [-0.25, -0.2) is 0 Å². The Bertz CT molecular complexity index is 3610. The van der Waals surface area contributed by atoms with Crippen molar-refractivity contribution in [1.29, 1.82) is 0 Å². The molecule has 15 rings (SSSR count). The summed E-state index contributed by atoms with van der Waals surface area (Å²) in [5, 5.41) is 3.73. The van der Waals surface area contributed by atoms with Crippen LogP contribution in [0.4, 0.5) is 5.69 Å². The van der Waals surface area contributed by atoms with Crippen molar-refractivity contribution >= 4 is 55.9 Å². The lowest BCUT2D eigenvalue weighted by Crippen LogP contribution is -2.43. The third-order valence-corrected chi connectivity index (χ3v) is 17.4. The zero-order chi connectivity index (χ0) is 44.8. The first-order valence-corrected chi connectivity index (χ1v) is 25.3. The number of nitrogens with zero attached hydrogens (tertiary/aromatic N) is 2. The summed E-state index contributed by atoms with van der Waals surface area (Å²) in [6, 6.07) is 52.7. The molecule has 0 amide bonds. The van der Waals surface area contributed by atoms with Gasteiger partial charge in [-0.1, -0.05) is 172 Å². The van der Waals surface area contributed by atoms with Crippen molar-refractivity contribution in [2.24, 2.45) is 23.7 Å². The average molecular weight is 879 g/mol. The maximum atomic E-state index is 6.73. The number of furan rings is 1. The second kappa shape index (κ2) is 14.5. The molecular weight excluding hydrogens is 825 g/mol. The molecule has 0 N–H and O–H groups in total. The minimum absolute atomic E-state index is 0.0682. The Kier molecular flexibility index (Phi) is 8.28. The van der Waals surface area contributed by atoms with Crippen molar-refractivity contribution in [1.82, 2.24) is 4.57 Å². The van der Waals surface area contributed by atoms with Crippen LogP contribution in [0.2, 0.25) is 0 Å². The topological polar surface area (TPSA) is 21.3 Å². The number of benzene rings is 6. The highest BCUT2D eigenvalue weighted by atomic mass is 16.3. The summed E-state index contributed by atoms with van der Waals surface area (Å²) < 4.78 is 9.26. The molecule has 7 aliphatic rings. The minimum atomic E-state index is -0.0682. The van der Waals surface area contributed by atoms with E-state index >= 15 is 0 Å². The van der Waals surface area contributed by atoms with Crippen molar-refractivity contribution in [3.8, 4) is 11.1 Å². The van der Waals surface area contributed by atoms with Crippen LogP contribution in [-0.4, -0.2) is 16.7 Å². The number of aromatic nitrogens is 1. The maximum Gasteiger partial charge on any atom is 0.160 e. The van der Waals surface area contributed by atoms with Crippen LogP contribution < -0.4 is 4.90 Å². The van der Waals surface area contributed by atoms with Gasteiger partial charge in [0.05, 0.1) is 17.3 Å². The van der Waals surface area contributed by atoms with Crippen LogP contribution in [0.25, 0.3) is 61.3 Å².